The van der Waals surface area contributed by atoms with Gasteiger partial charge in [0.1, 0.15) is 5.82 Å². The van der Waals surface area contributed by atoms with E-state index >= 15 is 0 Å². The van der Waals surface area contributed by atoms with Crippen LogP contribution in [0.5, 0.6) is 0 Å². The van der Waals surface area contributed by atoms with Crippen molar-refractivity contribution in [2.75, 3.05) is 17.2 Å². The minimum absolute atomic E-state index is 0.150. The van der Waals surface area contributed by atoms with E-state index in [9.17, 15) is 8.78 Å². The Hall–Kier alpha value is -2.17. The first-order chi connectivity index (χ1) is 9.61. The number of para-hydroxylation sites is 1. The SMILES string of the molecule is CCCN(Cc1ccccc1N)c1ncc(F)cc1F. The van der Waals surface area contributed by atoms with Crippen molar-refractivity contribution in [3.8, 4) is 0 Å². The minimum atomic E-state index is -0.679. The lowest BCUT2D eigenvalue weighted by molar-refractivity contribution is 0.565. The molecular formula is C15H17F2N3. The summed E-state index contributed by atoms with van der Waals surface area (Å²) in [5.41, 5.74) is 7.45. The summed E-state index contributed by atoms with van der Waals surface area (Å²) in [5, 5.41) is 0. The zero-order valence-electron chi connectivity index (χ0n) is 11.3. The zero-order chi connectivity index (χ0) is 14.5. The van der Waals surface area contributed by atoms with Crippen molar-refractivity contribution in [1.82, 2.24) is 4.98 Å². The lowest BCUT2D eigenvalue weighted by Crippen LogP contribution is -2.26. The predicted molar refractivity (Wildman–Crippen MR) is 76.3 cm³/mol. The number of hydrogen-bond donors (Lipinski definition) is 1. The van der Waals surface area contributed by atoms with Crippen molar-refractivity contribution < 1.29 is 8.78 Å². The molecule has 20 heavy (non-hydrogen) atoms. The molecule has 0 saturated carbocycles. The molecule has 2 N–H and O–H groups in total. The smallest absolute Gasteiger partial charge is 0.168 e. The number of benzene rings is 1. The van der Waals surface area contributed by atoms with Crippen molar-refractivity contribution in [3.05, 3.63) is 53.7 Å². The van der Waals surface area contributed by atoms with Crippen LogP contribution in [0.2, 0.25) is 0 Å². The number of halogens is 2. The molecule has 0 atom stereocenters. The molecule has 0 bridgehead atoms. The van der Waals surface area contributed by atoms with Gasteiger partial charge < -0.3 is 10.6 Å². The molecule has 1 aromatic carbocycles. The summed E-state index contributed by atoms with van der Waals surface area (Å²) in [4.78, 5) is 5.62. The molecule has 3 nitrogen and oxygen atoms in total. The maximum Gasteiger partial charge on any atom is 0.168 e. The van der Waals surface area contributed by atoms with Crippen molar-refractivity contribution in [2.24, 2.45) is 0 Å². The normalized spacial score (nSPS) is 10.6. The highest BCUT2D eigenvalue weighted by molar-refractivity contribution is 5.50. The summed E-state index contributed by atoms with van der Waals surface area (Å²) >= 11 is 0. The van der Waals surface area contributed by atoms with E-state index < -0.39 is 11.6 Å². The lowest BCUT2D eigenvalue weighted by atomic mass is 10.1. The van der Waals surface area contributed by atoms with Crippen molar-refractivity contribution >= 4 is 11.5 Å². The Morgan fingerprint density at radius 3 is 2.65 bits per heavy atom. The Morgan fingerprint density at radius 1 is 1.25 bits per heavy atom. The number of nitrogens with zero attached hydrogens (tertiary/aromatic N) is 2. The van der Waals surface area contributed by atoms with Crippen LogP contribution in [0.25, 0.3) is 0 Å². The van der Waals surface area contributed by atoms with Gasteiger partial charge >= 0.3 is 0 Å². The third-order valence-corrected chi connectivity index (χ3v) is 3.00. The molecule has 0 spiro atoms. The highest BCUT2D eigenvalue weighted by Crippen LogP contribution is 2.21. The van der Waals surface area contributed by atoms with E-state index in [1.807, 2.05) is 25.1 Å². The zero-order valence-corrected chi connectivity index (χ0v) is 11.3. The first-order valence-electron chi connectivity index (χ1n) is 6.51. The average Bonchev–Trinajstić information content (AvgIpc) is 2.41. The summed E-state index contributed by atoms with van der Waals surface area (Å²) in [5.74, 6) is -1.19. The molecule has 0 radical (unpaired) electrons. The van der Waals surface area contributed by atoms with Crippen LogP contribution in [0, 0.1) is 11.6 Å². The summed E-state index contributed by atoms with van der Waals surface area (Å²) in [6.07, 6.45) is 1.85. The average molecular weight is 277 g/mol. The van der Waals surface area contributed by atoms with E-state index in [0.717, 1.165) is 24.2 Å². The second kappa shape index (κ2) is 6.32. The van der Waals surface area contributed by atoms with Gasteiger partial charge in [0.2, 0.25) is 0 Å². The molecule has 0 aliphatic heterocycles. The van der Waals surface area contributed by atoms with E-state index in [0.29, 0.717) is 18.8 Å². The lowest BCUT2D eigenvalue weighted by Gasteiger charge is -2.24. The maximum atomic E-state index is 13.9. The number of nitrogen functional groups attached to an aromatic ring is 1. The second-order valence-corrected chi connectivity index (χ2v) is 4.58. The first-order valence-corrected chi connectivity index (χ1v) is 6.51. The quantitative estimate of drug-likeness (QED) is 0.852. The first kappa shape index (κ1) is 14.2. The molecule has 5 heteroatoms. The summed E-state index contributed by atoms with van der Waals surface area (Å²) in [6, 6.07) is 8.26. The standard InChI is InChI=1S/C15H17F2N3/c1-2-7-20(10-11-5-3-4-6-14(11)18)15-13(17)8-12(16)9-19-15/h3-6,8-9H,2,7,10,18H2,1H3. The fraction of sp³-hybridized carbons (Fsp3) is 0.267. The predicted octanol–water partition coefficient (Wildman–Crippen LogP) is 3.36. The number of hydrogen-bond acceptors (Lipinski definition) is 3. The van der Waals surface area contributed by atoms with Gasteiger partial charge in [-0.25, -0.2) is 13.8 Å². The summed E-state index contributed by atoms with van der Waals surface area (Å²) < 4.78 is 26.8. The molecule has 0 unspecified atom stereocenters. The van der Waals surface area contributed by atoms with Gasteiger partial charge in [-0.05, 0) is 18.1 Å². The summed E-state index contributed by atoms with van der Waals surface area (Å²) in [7, 11) is 0. The van der Waals surface area contributed by atoms with Gasteiger partial charge in [-0.1, -0.05) is 25.1 Å². The fourth-order valence-corrected chi connectivity index (χ4v) is 2.05. The Labute approximate surface area is 117 Å². The molecule has 0 fully saturated rings. The molecule has 0 saturated heterocycles. The highest BCUT2D eigenvalue weighted by atomic mass is 19.1. The number of rotatable bonds is 5. The Bertz CT molecular complexity index is 587. The van der Waals surface area contributed by atoms with Gasteiger partial charge in [0.15, 0.2) is 11.6 Å². The Morgan fingerprint density at radius 2 is 2.00 bits per heavy atom. The van der Waals surface area contributed by atoms with Crippen LogP contribution < -0.4 is 10.6 Å². The van der Waals surface area contributed by atoms with E-state index in [-0.39, 0.29) is 5.82 Å². The highest BCUT2D eigenvalue weighted by Gasteiger charge is 2.14. The number of aromatic nitrogens is 1. The van der Waals surface area contributed by atoms with Crippen LogP contribution in [0.4, 0.5) is 20.3 Å². The van der Waals surface area contributed by atoms with Gasteiger partial charge in [-0.15, -0.1) is 0 Å². The number of pyridine rings is 1. The van der Waals surface area contributed by atoms with E-state index in [1.54, 1.807) is 11.0 Å². The molecular weight excluding hydrogens is 260 g/mol. The second-order valence-electron chi connectivity index (χ2n) is 4.58. The maximum absolute atomic E-state index is 13.9. The Kier molecular flexibility index (Phi) is 4.50. The van der Waals surface area contributed by atoms with Gasteiger partial charge in [-0.3, -0.25) is 0 Å². The minimum Gasteiger partial charge on any atom is -0.398 e. The third-order valence-electron chi connectivity index (χ3n) is 3.00. The van der Waals surface area contributed by atoms with Crippen molar-refractivity contribution in [2.45, 2.75) is 19.9 Å². The van der Waals surface area contributed by atoms with Gasteiger partial charge in [0, 0.05) is 24.8 Å². The number of nitrogens with two attached hydrogens (primary N) is 1. The van der Waals surface area contributed by atoms with Crippen LogP contribution in [-0.4, -0.2) is 11.5 Å². The molecule has 1 aromatic heterocycles. The van der Waals surface area contributed by atoms with Crippen LogP contribution in [0.3, 0.4) is 0 Å². The van der Waals surface area contributed by atoms with Crippen molar-refractivity contribution in [3.63, 3.8) is 0 Å². The van der Waals surface area contributed by atoms with Crippen LogP contribution in [-0.2, 0) is 6.54 Å². The van der Waals surface area contributed by atoms with Gasteiger partial charge in [-0.2, -0.15) is 0 Å². The van der Waals surface area contributed by atoms with E-state index in [1.165, 1.54) is 0 Å². The molecule has 2 aromatic rings. The molecule has 0 aliphatic rings. The summed E-state index contributed by atoms with van der Waals surface area (Å²) in [6.45, 7) is 3.04. The molecule has 2 rings (SSSR count). The third kappa shape index (κ3) is 3.23. The molecule has 106 valence electrons. The molecule has 0 aliphatic carbocycles. The molecule has 1 heterocycles. The number of anilines is 2. The van der Waals surface area contributed by atoms with Crippen molar-refractivity contribution in [1.29, 1.82) is 0 Å². The monoisotopic (exact) mass is 277 g/mol. The van der Waals surface area contributed by atoms with Gasteiger partial charge in [0.25, 0.3) is 0 Å². The van der Waals surface area contributed by atoms with Gasteiger partial charge in [0.05, 0.1) is 6.20 Å². The van der Waals surface area contributed by atoms with Crippen LogP contribution in [0.1, 0.15) is 18.9 Å². The van der Waals surface area contributed by atoms with Crippen LogP contribution in [0.15, 0.2) is 36.5 Å². The largest absolute Gasteiger partial charge is 0.398 e. The topological polar surface area (TPSA) is 42.1 Å². The van der Waals surface area contributed by atoms with E-state index in [2.05, 4.69) is 4.98 Å². The van der Waals surface area contributed by atoms with Crippen LogP contribution >= 0.6 is 0 Å². The molecule has 0 amide bonds. The fourth-order valence-electron chi connectivity index (χ4n) is 2.05. The van der Waals surface area contributed by atoms with E-state index in [4.69, 9.17) is 5.73 Å². The Balaban J connectivity index is 2.29.